The Hall–Kier alpha value is -2.31. The minimum atomic E-state index is -0.559. The van der Waals surface area contributed by atoms with E-state index < -0.39 is 16.6 Å². The highest BCUT2D eigenvalue weighted by Crippen LogP contribution is 2.25. The van der Waals surface area contributed by atoms with E-state index in [1.54, 1.807) is 39.8 Å². The van der Waals surface area contributed by atoms with Crippen molar-refractivity contribution in [2.24, 2.45) is 0 Å². The summed E-state index contributed by atoms with van der Waals surface area (Å²) in [5, 5.41) is 16.7. The minimum absolute atomic E-state index is 0.0177. The molecule has 0 aliphatic carbocycles. The molecule has 1 atom stereocenters. The Morgan fingerprint density at radius 1 is 1.41 bits per heavy atom. The van der Waals surface area contributed by atoms with Crippen molar-refractivity contribution in [2.45, 2.75) is 46.3 Å². The topological polar surface area (TPSA) is 93.5 Å². The van der Waals surface area contributed by atoms with Gasteiger partial charge < -0.3 is 15.4 Å². The minimum Gasteiger partial charge on any atom is -0.444 e. The lowest BCUT2D eigenvalue weighted by molar-refractivity contribution is -0.384. The van der Waals surface area contributed by atoms with E-state index in [4.69, 9.17) is 4.74 Å². The normalized spacial score (nSPS) is 12.4. The molecule has 22 heavy (non-hydrogen) atoms. The Labute approximate surface area is 130 Å². The maximum atomic E-state index is 11.6. The molecule has 1 amide bonds. The fraction of sp³-hybridized carbons (Fsp3) is 0.533. The highest BCUT2D eigenvalue weighted by molar-refractivity contribution is 5.68. The lowest BCUT2D eigenvalue weighted by Crippen LogP contribution is -2.38. The summed E-state index contributed by atoms with van der Waals surface area (Å²) in [6.45, 7) is 9.25. The first-order valence-electron chi connectivity index (χ1n) is 7.07. The number of amides is 1. The lowest BCUT2D eigenvalue weighted by atomic mass is 10.2. The molecule has 7 nitrogen and oxygen atoms in total. The van der Waals surface area contributed by atoms with Gasteiger partial charge in [-0.1, -0.05) is 6.07 Å². The van der Waals surface area contributed by atoms with Gasteiger partial charge in [-0.15, -0.1) is 0 Å². The molecule has 2 N–H and O–H groups in total. The molecule has 0 heterocycles. The third kappa shape index (κ3) is 5.99. The van der Waals surface area contributed by atoms with E-state index in [1.165, 1.54) is 6.07 Å². The van der Waals surface area contributed by atoms with Crippen LogP contribution in [0.1, 0.15) is 33.3 Å². The number of nitro groups is 1. The summed E-state index contributed by atoms with van der Waals surface area (Å²) in [5.41, 5.74) is 0.700. The molecule has 1 aromatic rings. The van der Waals surface area contributed by atoms with Crippen LogP contribution in [0.2, 0.25) is 0 Å². The summed E-state index contributed by atoms with van der Waals surface area (Å²) in [4.78, 5) is 22.2. The van der Waals surface area contributed by atoms with Gasteiger partial charge in [0.2, 0.25) is 0 Å². The van der Waals surface area contributed by atoms with Crippen molar-refractivity contribution in [3.8, 4) is 0 Å². The number of carbonyl (C=O) groups is 1. The van der Waals surface area contributed by atoms with E-state index in [9.17, 15) is 14.9 Å². The van der Waals surface area contributed by atoms with Crippen LogP contribution in [0.15, 0.2) is 18.2 Å². The highest BCUT2D eigenvalue weighted by Gasteiger charge is 2.18. The summed E-state index contributed by atoms with van der Waals surface area (Å²) in [6.07, 6.45) is -0.514. The Kier molecular flexibility index (Phi) is 5.73. The van der Waals surface area contributed by atoms with Crippen molar-refractivity contribution in [3.05, 3.63) is 33.9 Å². The molecule has 1 aromatic carbocycles. The molecule has 0 aliphatic rings. The van der Waals surface area contributed by atoms with Crippen molar-refractivity contribution in [1.82, 2.24) is 5.32 Å². The van der Waals surface area contributed by atoms with Crippen molar-refractivity contribution >= 4 is 17.5 Å². The van der Waals surface area contributed by atoms with Crippen LogP contribution >= 0.6 is 0 Å². The van der Waals surface area contributed by atoms with Crippen molar-refractivity contribution in [3.63, 3.8) is 0 Å². The van der Waals surface area contributed by atoms with E-state index in [-0.39, 0.29) is 11.7 Å². The average Bonchev–Trinajstić information content (AvgIpc) is 2.36. The first-order chi connectivity index (χ1) is 10.1. The number of aryl methyl sites for hydroxylation is 1. The number of nitrogens with zero attached hydrogens (tertiary/aromatic N) is 1. The van der Waals surface area contributed by atoms with Crippen molar-refractivity contribution in [2.75, 3.05) is 11.9 Å². The molecule has 0 saturated carbocycles. The summed E-state index contributed by atoms with van der Waals surface area (Å²) < 4.78 is 5.13. The van der Waals surface area contributed by atoms with E-state index in [1.807, 2.05) is 6.92 Å². The van der Waals surface area contributed by atoms with Gasteiger partial charge in [0.15, 0.2) is 0 Å². The zero-order chi connectivity index (χ0) is 16.9. The second-order valence-electron chi connectivity index (χ2n) is 6.21. The van der Waals surface area contributed by atoms with Crippen LogP contribution in [-0.2, 0) is 4.74 Å². The van der Waals surface area contributed by atoms with Crippen molar-refractivity contribution < 1.29 is 14.5 Å². The van der Waals surface area contributed by atoms with Gasteiger partial charge in [0.05, 0.1) is 4.92 Å². The molecule has 0 aliphatic heterocycles. The Bertz CT molecular complexity index is 552. The Morgan fingerprint density at radius 3 is 2.59 bits per heavy atom. The van der Waals surface area contributed by atoms with Crippen molar-refractivity contribution in [1.29, 1.82) is 0 Å². The third-order valence-corrected chi connectivity index (χ3v) is 2.70. The van der Waals surface area contributed by atoms with Crippen LogP contribution in [0.3, 0.4) is 0 Å². The van der Waals surface area contributed by atoms with Gasteiger partial charge in [0.25, 0.3) is 5.69 Å². The predicted molar refractivity (Wildman–Crippen MR) is 85.2 cm³/mol. The largest absolute Gasteiger partial charge is 0.444 e. The molecule has 1 rings (SSSR count). The molecule has 0 aromatic heterocycles. The number of ether oxygens (including phenoxy) is 1. The number of rotatable bonds is 5. The monoisotopic (exact) mass is 309 g/mol. The molecule has 0 fully saturated rings. The zero-order valence-electron chi connectivity index (χ0n) is 13.6. The number of carbonyl (C=O) groups excluding carboxylic acids is 1. The van der Waals surface area contributed by atoms with Gasteiger partial charge in [0, 0.05) is 18.7 Å². The standard InChI is InChI=1S/C15H23N3O4/c1-10-6-7-12(13(8-10)18(20)21)17-11(2)9-16-14(19)22-15(3,4)5/h6-8,11,17H,9H2,1-5H3,(H,16,19). The van der Waals surface area contributed by atoms with Gasteiger partial charge in [-0.2, -0.15) is 0 Å². The molecular weight excluding hydrogens is 286 g/mol. The molecule has 0 spiro atoms. The first kappa shape index (κ1) is 17.7. The number of hydrogen-bond donors (Lipinski definition) is 2. The van der Waals surface area contributed by atoms with Crippen LogP contribution in [0.5, 0.6) is 0 Å². The van der Waals surface area contributed by atoms with Crippen LogP contribution in [0, 0.1) is 17.0 Å². The number of nitro benzene ring substituents is 1. The number of anilines is 1. The number of alkyl carbamates (subject to hydrolysis) is 1. The molecular formula is C15H23N3O4. The Balaban J connectivity index is 2.61. The maximum absolute atomic E-state index is 11.6. The number of benzene rings is 1. The second kappa shape index (κ2) is 7.11. The molecule has 0 radical (unpaired) electrons. The number of nitrogens with one attached hydrogen (secondary N) is 2. The maximum Gasteiger partial charge on any atom is 0.407 e. The van der Waals surface area contributed by atoms with Gasteiger partial charge >= 0.3 is 6.09 Å². The quantitative estimate of drug-likeness (QED) is 0.643. The van der Waals surface area contributed by atoms with Crippen LogP contribution < -0.4 is 10.6 Å². The van der Waals surface area contributed by atoms with E-state index >= 15 is 0 Å². The zero-order valence-corrected chi connectivity index (χ0v) is 13.6. The molecule has 7 heteroatoms. The second-order valence-corrected chi connectivity index (χ2v) is 6.21. The average molecular weight is 309 g/mol. The highest BCUT2D eigenvalue weighted by atomic mass is 16.6. The smallest absolute Gasteiger partial charge is 0.407 e. The molecule has 1 unspecified atom stereocenters. The van der Waals surface area contributed by atoms with E-state index in [2.05, 4.69) is 10.6 Å². The van der Waals surface area contributed by atoms with Crippen LogP contribution in [0.4, 0.5) is 16.2 Å². The summed E-state index contributed by atoms with van der Waals surface area (Å²) in [5.74, 6) is 0. The Morgan fingerprint density at radius 2 is 2.05 bits per heavy atom. The predicted octanol–water partition coefficient (Wildman–Crippen LogP) is 3.23. The van der Waals surface area contributed by atoms with Gasteiger partial charge in [-0.05, 0) is 46.2 Å². The number of hydrogen-bond acceptors (Lipinski definition) is 5. The fourth-order valence-corrected chi connectivity index (χ4v) is 1.78. The summed E-state index contributed by atoms with van der Waals surface area (Å²) in [7, 11) is 0. The SMILES string of the molecule is Cc1ccc(NC(C)CNC(=O)OC(C)(C)C)c([N+](=O)[O-])c1. The van der Waals surface area contributed by atoms with Gasteiger partial charge in [0.1, 0.15) is 11.3 Å². The van der Waals surface area contributed by atoms with Gasteiger partial charge in [-0.25, -0.2) is 4.79 Å². The molecule has 0 bridgehead atoms. The summed E-state index contributed by atoms with van der Waals surface area (Å²) in [6, 6.07) is 4.78. The fourth-order valence-electron chi connectivity index (χ4n) is 1.78. The van der Waals surface area contributed by atoms with E-state index in [0.29, 0.717) is 12.2 Å². The van der Waals surface area contributed by atoms with Crippen LogP contribution in [0.25, 0.3) is 0 Å². The molecule has 0 saturated heterocycles. The molecule has 122 valence electrons. The summed E-state index contributed by atoms with van der Waals surface area (Å²) >= 11 is 0. The van der Waals surface area contributed by atoms with Crippen LogP contribution in [-0.4, -0.2) is 29.2 Å². The van der Waals surface area contributed by atoms with E-state index in [0.717, 1.165) is 5.56 Å². The lowest BCUT2D eigenvalue weighted by Gasteiger charge is -2.21. The van der Waals surface area contributed by atoms with Gasteiger partial charge in [-0.3, -0.25) is 10.1 Å². The first-order valence-corrected chi connectivity index (χ1v) is 7.07. The third-order valence-electron chi connectivity index (χ3n) is 2.70.